The number of amides is 1. The van der Waals surface area contributed by atoms with Gasteiger partial charge in [-0.25, -0.2) is 9.37 Å². The number of hydrogen-bond donors (Lipinski definition) is 1. The van der Waals surface area contributed by atoms with Gasteiger partial charge in [0.2, 0.25) is 5.91 Å². The summed E-state index contributed by atoms with van der Waals surface area (Å²) in [5.41, 5.74) is 1.58. The summed E-state index contributed by atoms with van der Waals surface area (Å²) in [6, 6.07) is 10.2. The van der Waals surface area contributed by atoms with Gasteiger partial charge in [0.1, 0.15) is 17.2 Å². The van der Waals surface area contributed by atoms with Crippen LogP contribution in [-0.4, -0.2) is 22.0 Å². The van der Waals surface area contributed by atoms with E-state index in [9.17, 15) is 14.0 Å². The van der Waals surface area contributed by atoms with E-state index >= 15 is 0 Å². The molecule has 4 aromatic rings. The van der Waals surface area contributed by atoms with E-state index in [4.69, 9.17) is 0 Å². The lowest BCUT2D eigenvalue weighted by Crippen LogP contribution is -2.33. The number of hydrogen-bond acceptors (Lipinski definition) is 5. The SMILES string of the molecule is Cc1ccc(-c2csc3ncn(CC(=O)NCCc4ccc(F)cc4)c(=O)c23)s1. The molecule has 0 aliphatic rings. The molecule has 0 spiro atoms. The normalized spacial score (nSPS) is 11.1. The van der Waals surface area contributed by atoms with Gasteiger partial charge in [-0.15, -0.1) is 22.7 Å². The van der Waals surface area contributed by atoms with Crippen molar-refractivity contribution in [2.45, 2.75) is 19.9 Å². The third-order valence-electron chi connectivity index (χ3n) is 4.53. The second kappa shape index (κ2) is 8.26. The molecule has 5 nitrogen and oxygen atoms in total. The molecule has 0 unspecified atom stereocenters. The van der Waals surface area contributed by atoms with Crippen molar-refractivity contribution in [2.24, 2.45) is 0 Å². The molecule has 148 valence electrons. The number of benzene rings is 1. The zero-order valence-electron chi connectivity index (χ0n) is 15.6. The summed E-state index contributed by atoms with van der Waals surface area (Å²) < 4.78 is 14.3. The third kappa shape index (κ3) is 4.28. The van der Waals surface area contributed by atoms with Crippen molar-refractivity contribution in [3.05, 3.63) is 74.7 Å². The van der Waals surface area contributed by atoms with E-state index < -0.39 is 0 Å². The molecule has 4 rings (SSSR count). The van der Waals surface area contributed by atoms with E-state index in [2.05, 4.69) is 10.3 Å². The van der Waals surface area contributed by atoms with E-state index in [1.54, 1.807) is 23.5 Å². The number of aromatic nitrogens is 2. The number of aryl methyl sites for hydroxylation is 1. The summed E-state index contributed by atoms with van der Waals surface area (Å²) in [6.07, 6.45) is 2.01. The van der Waals surface area contributed by atoms with Gasteiger partial charge in [-0.1, -0.05) is 12.1 Å². The zero-order valence-corrected chi connectivity index (χ0v) is 17.3. The van der Waals surface area contributed by atoms with E-state index in [-0.39, 0.29) is 23.8 Å². The van der Waals surface area contributed by atoms with Gasteiger partial charge in [0.05, 0.1) is 11.7 Å². The average Bonchev–Trinajstić information content (AvgIpc) is 3.32. The van der Waals surface area contributed by atoms with Crippen LogP contribution in [-0.2, 0) is 17.8 Å². The summed E-state index contributed by atoms with van der Waals surface area (Å²) >= 11 is 3.05. The molecule has 0 saturated carbocycles. The lowest BCUT2D eigenvalue weighted by atomic mass is 10.1. The minimum Gasteiger partial charge on any atom is -0.354 e. The van der Waals surface area contributed by atoms with Crippen LogP contribution in [0.1, 0.15) is 10.4 Å². The fraction of sp³-hybridized carbons (Fsp3) is 0.190. The number of carbonyl (C=O) groups excluding carboxylic acids is 1. The first kappa shape index (κ1) is 19.5. The Hall–Kier alpha value is -2.84. The second-order valence-corrected chi connectivity index (χ2v) is 8.79. The Labute approximate surface area is 174 Å². The number of nitrogens with zero attached hydrogens (tertiary/aromatic N) is 2. The lowest BCUT2D eigenvalue weighted by molar-refractivity contribution is -0.121. The van der Waals surface area contributed by atoms with Gasteiger partial charge in [-0.05, 0) is 43.2 Å². The van der Waals surface area contributed by atoms with Gasteiger partial charge in [-0.3, -0.25) is 14.2 Å². The largest absolute Gasteiger partial charge is 0.354 e. The highest BCUT2D eigenvalue weighted by Gasteiger charge is 2.15. The van der Waals surface area contributed by atoms with E-state index in [1.165, 1.54) is 39.2 Å². The first-order valence-electron chi connectivity index (χ1n) is 9.06. The molecule has 3 aromatic heterocycles. The Balaban J connectivity index is 1.47. The van der Waals surface area contributed by atoms with Crippen molar-refractivity contribution in [3.63, 3.8) is 0 Å². The molecule has 29 heavy (non-hydrogen) atoms. The van der Waals surface area contributed by atoms with Gasteiger partial charge in [0.15, 0.2) is 0 Å². The summed E-state index contributed by atoms with van der Waals surface area (Å²) in [7, 11) is 0. The third-order valence-corrected chi connectivity index (χ3v) is 6.45. The van der Waals surface area contributed by atoms with Crippen molar-refractivity contribution in [1.29, 1.82) is 0 Å². The molecule has 0 saturated heterocycles. The van der Waals surface area contributed by atoms with Crippen LogP contribution in [0.2, 0.25) is 0 Å². The summed E-state index contributed by atoms with van der Waals surface area (Å²) in [6.45, 7) is 2.34. The predicted octanol–water partition coefficient (Wildman–Crippen LogP) is 3.99. The van der Waals surface area contributed by atoms with Crippen molar-refractivity contribution in [3.8, 4) is 10.4 Å². The van der Waals surface area contributed by atoms with Crippen LogP contribution in [0.15, 0.2) is 52.9 Å². The van der Waals surface area contributed by atoms with Crippen LogP contribution >= 0.6 is 22.7 Å². The topological polar surface area (TPSA) is 64.0 Å². The molecule has 0 fully saturated rings. The number of fused-ring (bicyclic) bond motifs is 1. The first-order valence-corrected chi connectivity index (χ1v) is 10.8. The maximum Gasteiger partial charge on any atom is 0.263 e. The van der Waals surface area contributed by atoms with Crippen LogP contribution in [0.5, 0.6) is 0 Å². The molecule has 0 aliphatic heterocycles. The van der Waals surface area contributed by atoms with Gasteiger partial charge >= 0.3 is 0 Å². The van der Waals surface area contributed by atoms with E-state index in [0.29, 0.717) is 23.2 Å². The van der Waals surface area contributed by atoms with E-state index in [0.717, 1.165) is 16.0 Å². The van der Waals surface area contributed by atoms with Crippen LogP contribution < -0.4 is 10.9 Å². The Morgan fingerprint density at radius 2 is 2.00 bits per heavy atom. The smallest absolute Gasteiger partial charge is 0.263 e. The van der Waals surface area contributed by atoms with Gasteiger partial charge < -0.3 is 5.32 Å². The summed E-state index contributed by atoms with van der Waals surface area (Å²) in [5, 5.41) is 5.29. The second-order valence-electron chi connectivity index (χ2n) is 6.64. The fourth-order valence-corrected chi connectivity index (χ4v) is 4.91. The Morgan fingerprint density at radius 3 is 2.72 bits per heavy atom. The van der Waals surface area contributed by atoms with Crippen LogP contribution in [0.4, 0.5) is 4.39 Å². The Bertz CT molecular complexity index is 1220. The van der Waals surface area contributed by atoms with Crippen LogP contribution in [0.3, 0.4) is 0 Å². The first-order chi connectivity index (χ1) is 14.0. The molecular formula is C21H18FN3O2S2. The lowest BCUT2D eigenvalue weighted by Gasteiger charge is -2.08. The van der Waals surface area contributed by atoms with Crippen molar-refractivity contribution < 1.29 is 9.18 Å². The summed E-state index contributed by atoms with van der Waals surface area (Å²) in [5.74, 6) is -0.551. The zero-order chi connectivity index (χ0) is 20.4. The molecule has 0 bridgehead atoms. The molecule has 0 radical (unpaired) electrons. The molecule has 0 atom stereocenters. The maximum absolute atomic E-state index is 13.0. The summed E-state index contributed by atoms with van der Waals surface area (Å²) in [4.78, 5) is 32.5. The van der Waals surface area contributed by atoms with Gasteiger partial charge in [0, 0.05) is 27.2 Å². The highest BCUT2D eigenvalue weighted by Crippen LogP contribution is 2.34. The van der Waals surface area contributed by atoms with Crippen molar-refractivity contribution >= 4 is 38.8 Å². The monoisotopic (exact) mass is 427 g/mol. The number of nitrogens with one attached hydrogen (secondary N) is 1. The molecular weight excluding hydrogens is 409 g/mol. The van der Waals surface area contributed by atoms with Crippen molar-refractivity contribution in [2.75, 3.05) is 6.54 Å². The number of thiophene rings is 2. The average molecular weight is 428 g/mol. The number of rotatable bonds is 6. The Kier molecular flexibility index (Phi) is 5.55. The molecule has 1 N–H and O–H groups in total. The maximum atomic E-state index is 13.0. The number of carbonyl (C=O) groups is 1. The standard InChI is InChI=1S/C21H18FN3O2S2/c1-13-2-7-17(29-13)16-11-28-20-19(16)21(27)25(12-24-20)10-18(26)23-9-8-14-3-5-15(22)6-4-14/h2-7,11-12H,8-10H2,1H3,(H,23,26). The predicted molar refractivity (Wildman–Crippen MR) is 115 cm³/mol. The number of halogens is 1. The van der Waals surface area contributed by atoms with Gasteiger partial charge in [0.25, 0.3) is 5.56 Å². The van der Waals surface area contributed by atoms with Crippen molar-refractivity contribution in [1.82, 2.24) is 14.9 Å². The Morgan fingerprint density at radius 1 is 1.21 bits per heavy atom. The highest BCUT2D eigenvalue weighted by atomic mass is 32.1. The molecule has 8 heteroatoms. The molecule has 1 amide bonds. The van der Waals surface area contributed by atoms with Gasteiger partial charge in [-0.2, -0.15) is 0 Å². The van der Waals surface area contributed by atoms with Crippen LogP contribution in [0.25, 0.3) is 20.7 Å². The minimum absolute atomic E-state index is 0.0933. The van der Waals surface area contributed by atoms with E-state index in [1.807, 2.05) is 24.4 Å². The molecule has 0 aliphatic carbocycles. The minimum atomic E-state index is -0.287. The molecule has 1 aromatic carbocycles. The fourth-order valence-electron chi connectivity index (χ4n) is 3.05. The molecule has 3 heterocycles. The quantitative estimate of drug-likeness (QED) is 0.506. The highest BCUT2D eigenvalue weighted by molar-refractivity contribution is 7.19. The van der Waals surface area contributed by atoms with Crippen LogP contribution in [0, 0.1) is 12.7 Å².